The lowest BCUT2D eigenvalue weighted by Crippen LogP contribution is -2.64. The molecule has 1 spiro atoms. The topological polar surface area (TPSA) is 190 Å². The van der Waals surface area contributed by atoms with Crippen LogP contribution >= 0.6 is 0 Å². The molecule has 3 aromatic rings. The van der Waals surface area contributed by atoms with Crippen molar-refractivity contribution >= 4 is 58.4 Å². The van der Waals surface area contributed by atoms with E-state index >= 15 is 8.78 Å². The molecule has 5 aliphatic rings. The third kappa shape index (κ3) is 8.80. The molecule has 4 aliphatic heterocycles. The van der Waals surface area contributed by atoms with Gasteiger partial charge in [-0.05, 0) is 102 Å². The van der Waals surface area contributed by atoms with Gasteiger partial charge in [-0.3, -0.25) is 29.3 Å². The molecular weight excluding hydrogens is 841 g/mol. The zero-order chi connectivity index (χ0) is 46.4. The fourth-order valence-electron chi connectivity index (χ4n) is 10.7. The largest absolute Gasteiger partial charge is 0.495 e. The van der Waals surface area contributed by atoms with Crippen molar-refractivity contribution < 1.29 is 42.6 Å². The highest BCUT2D eigenvalue weighted by atomic mass is 19.1. The first-order valence-corrected chi connectivity index (χ1v) is 22.8. The maximum Gasteiger partial charge on any atom is 0.251 e. The number of anilines is 5. The molecule has 1 unspecified atom stereocenters. The van der Waals surface area contributed by atoms with E-state index in [0.717, 1.165) is 12.8 Å². The van der Waals surface area contributed by atoms with Crippen LogP contribution in [0.3, 0.4) is 0 Å². The molecule has 16 nitrogen and oxygen atoms in total. The molecular formula is C47H59F2N9O7. The number of nitrogens with zero attached hydrogens (tertiary/aromatic N) is 6. The van der Waals surface area contributed by atoms with Crippen LogP contribution in [0.2, 0.25) is 0 Å². The Morgan fingerprint density at radius 1 is 1.02 bits per heavy atom. The average molecular weight is 900 g/mol. The summed E-state index contributed by atoms with van der Waals surface area (Å²) in [6.45, 7) is 8.07. The minimum absolute atomic E-state index is 0.00720. The van der Waals surface area contributed by atoms with Crippen LogP contribution in [-0.2, 0) is 19.2 Å². The van der Waals surface area contributed by atoms with Crippen molar-refractivity contribution in [3.63, 3.8) is 0 Å². The number of hydrogen-bond donors (Lipinski definition) is 4. The van der Waals surface area contributed by atoms with Crippen LogP contribution in [-0.4, -0.2) is 114 Å². The molecule has 1 aliphatic carbocycles. The maximum atomic E-state index is 15.2. The smallest absolute Gasteiger partial charge is 0.251 e. The number of nitrogens with one attached hydrogen (secondary N) is 3. The summed E-state index contributed by atoms with van der Waals surface area (Å²) in [5.74, 6) is -2.93. The van der Waals surface area contributed by atoms with Gasteiger partial charge in [0, 0.05) is 86.0 Å². The van der Waals surface area contributed by atoms with Gasteiger partial charge in [0.1, 0.15) is 29.1 Å². The van der Waals surface area contributed by atoms with Crippen LogP contribution in [0.4, 0.5) is 37.6 Å². The van der Waals surface area contributed by atoms with Crippen molar-refractivity contribution in [3.05, 3.63) is 59.3 Å². The van der Waals surface area contributed by atoms with E-state index in [-0.39, 0.29) is 66.2 Å². The Balaban J connectivity index is 0.848. The lowest BCUT2D eigenvalue weighted by atomic mass is 9.62. The van der Waals surface area contributed by atoms with Crippen LogP contribution in [0.25, 0.3) is 0 Å². The van der Waals surface area contributed by atoms with Gasteiger partial charge in [0.25, 0.3) is 5.91 Å². The number of fused-ring (bicyclic) bond motifs is 1. The first-order valence-electron chi connectivity index (χ1n) is 22.8. The molecule has 4 N–H and O–H groups in total. The summed E-state index contributed by atoms with van der Waals surface area (Å²) in [5, 5.41) is 18.8. The van der Waals surface area contributed by atoms with E-state index in [4.69, 9.17) is 9.72 Å². The van der Waals surface area contributed by atoms with Crippen LogP contribution in [0.15, 0.2) is 36.5 Å². The molecule has 348 valence electrons. The molecule has 0 bridgehead atoms. The van der Waals surface area contributed by atoms with E-state index in [0.29, 0.717) is 105 Å². The van der Waals surface area contributed by atoms with Gasteiger partial charge in [0.15, 0.2) is 5.82 Å². The van der Waals surface area contributed by atoms with Gasteiger partial charge < -0.3 is 40.1 Å². The summed E-state index contributed by atoms with van der Waals surface area (Å²) in [7, 11) is 3.25. The van der Waals surface area contributed by atoms with E-state index < -0.39 is 34.9 Å². The number of likely N-dealkylation sites (tertiary alicyclic amines) is 1. The highest BCUT2D eigenvalue weighted by molar-refractivity contribution is 6.04. The lowest BCUT2D eigenvalue weighted by Gasteiger charge is -2.56. The third-order valence-corrected chi connectivity index (χ3v) is 14.4. The molecule has 8 rings (SSSR count). The summed E-state index contributed by atoms with van der Waals surface area (Å²) < 4.78 is 36.2. The minimum Gasteiger partial charge on any atom is -0.495 e. The Kier molecular flexibility index (Phi) is 12.8. The van der Waals surface area contributed by atoms with Crippen LogP contribution in [0.5, 0.6) is 5.75 Å². The second kappa shape index (κ2) is 18.2. The van der Waals surface area contributed by atoms with Gasteiger partial charge >= 0.3 is 0 Å². The molecule has 5 heterocycles. The zero-order valence-corrected chi connectivity index (χ0v) is 37.7. The predicted octanol–water partition coefficient (Wildman–Crippen LogP) is 5.17. The van der Waals surface area contributed by atoms with Gasteiger partial charge in [-0.25, -0.2) is 13.8 Å². The lowest BCUT2D eigenvalue weighted by molar-refractivity contribution is -0.152. The van der Waals surface area contributed by atoms with Crippen LogP contribution in [0.1, 0.15) is 107 Å². The quantitative estimate of drug-likeness (QED) is 0.175. The molecule has 3 saturated heterocycles. The Hall–Kier alpha value is -5.91. The Morgan fingerprint density at radius 3 is 2.32 bits per heavy atom. The van der Waals surface area contributed by atoms with Crippen molar-refractivity contribution in [2.75, 3.05) is 67.0 Å². The van der Waals surface area contributed by atoms with Crippen molar-refractivity contribution in [1.82, 2.24) is 25.5 Å². The van der Waals surface area contributed by atoms with Gasteiger partial charge in [-0.2, -0.15) is 4.98 Å². The van der Waals surface area contributed by atoms with E-state index in [9.17, 15) is 29.1 Å². The number of benzene rings is 2. The van der Waals surface area contributed by atoms with Gasteiger partial charge in [0.2, 0.25) is 29.6 Å². The number of methoxy groups -OCH3 is 1. The highest BCUT2D eigenvalue weighted by Crippen LogP contribution is 2.49. The first-order chi connectivity index (χ1) is 31.1. The molecule has 1 aromatic heterocycles. The van der Waals surface area contributed by atoms with Gasteiger partial charge in [-0.15, -0.1) is 0 Å². The fraction of sp³-hybridized carbons (Fsp3) is 0.553. The van der Waals surface area contributed by atoms with E-state index in [1.54, 1.807) is 36.3 Å². The number of likely N-dealkylation sites (N-methyl/N-ethyl adjacent to an activating group) is 1. The van der Waals surface area contributed by atoms with E-state index in [2.05, 4.69) is 20.9 Å². The van der Waals surface area contributed by atoms with Gasteiger partial charge in [0.05, 0.1) is 24.9 Å². The molecule has 2 atom stereocenters. The normalized spacial score (nSPS) is 21.8. The molecule has 2 aromatic carbocycles. The molecule has 4 fully saturated rings. The van der Waals surface area contributed by atoms with Crippen molar-refractivity contribution in [1.29, 1.82) is 0 Å². The number of aliphatic hydroxyl groups is 1. The number of imide groups is 1. The average Bonchev–Trinajstić information content (AvgIpc) is 3.27. The van der Waals surface area contributed by atoms with Crippen molar-refractivity contribution in [3.8, 4) is 5.75 Å². The standard InChI is InChI=1S/C47H59F2N9O7/c1-6-35-44(64)55(4)36-24-50-45(53-40(36)58(35)27(2)3)51-34-9-7-29(21-37(34)65-5)41(61)54-47(17-20-59)15-13-46(14-16-47)25-57(26-46)43(63)28-11-18-56(19-12-28)30-22-32(48)39(33(49)23-30)31-8-10-38(60)52-42(31)62/h7,9,21-24,27-28,31,35,59H,6,8,10-20,25-26H2,1-5H3,(H,54,61)(H,50,51,53)(H,52,60,62)/t31?,35-/m1/s1. The first kappa shape index (κ1) is 45.7. The minimum atomic E-state index is -1.06. The SMILES string of the molecule is CC[C@@H]1C(=O)N(C)c2cnc(Nc3ccc(C(=O)NC4(CCO)CCC5(CC4)CN(C(=O)C4CCN(c6cc(F)c(C7CCC(=O)NC7=O)c(F)c6)CC4)C5)cc3OC)nc2N1C(C)C. The number of amides is 5. The van der Waals surface area contributed by atoms with Crippen molar-refractivity contribution in [2.24, 2.45) is 11.3 Å². The summed E-state index contributed by atoms with van der Waals surface area (Å²) in [6, 6.07) is 7.23. The molecule has 0 radical (unpaired) electrons. The Labute approximate surface area is 377 Å². The number of piperidine rings is 2. The highest BCUT2D eigenvalue weighted by Gasteiger charge is 2.51. The number of carbonyl (C=O) groups is 5. The number of halogens is 2. The summed E-state index contributed by atoms with van der Waals surface area (Å²) in [4.78, 5) is 81.2. The maximum absolute atomic E-state index is 15.2. The summed E-state index contributed by atoms with van der Waals surface area (Å²) >= 11 is 0. The number of ether oxygens (including phenoxy) is 1. The second-order valence-electron chi connectivity index (χ2n) is 18.8. The Morgan fingerprint density at radius 2 is 1.71 bits per heavy atom. The molecule has 5 amide bonds. The number of carbonyl (C=O) groups excluding carboxylic acids is 5. The molecule has 18 heteroatoms. The van der Waals surface area contributed by atoms with E-state index in [1.165, 1.54) is 19.2 Å². The Bertz CT molecular complexity index is 2330. The number of aliphatic hydroxyl groups excluding tert-OH is 1. The third-order valence-electron chi connectivity index (χ3n) is 14.4. The van der Waals surface area contributed by atoms with Gasteiger partial charge in [-0.1, -0.05) is 6.92 Å². The summed E-state index contributed by atoms with van der Waals surface area (Å²) in [6.07, 6.45) is 6.64. The van der Waals surface area contributed by atoms with Crippen LogP contribution < -0.4 is 35.4 Å². The fourth-order valence-corrected chi connectivity index (χ4v) is 10.7. The molecule has 1 saturated carbocycles. The second-order valence-corrected chi connectivity index (χ2v) is 18.8. The van der Waals surface area contributed by atoms with E-state index in [1.807, 2.05) is 35.5 Å². The number of rotatable bonds is 12. The number of hydrogen-bond acceptors (Lipinski definition) is 12. The molecule has 65 heavy (non-hydrogen) atoms. The monoisotopic (exact) mass is 899 g/mol. The summed E-state index contributed by atoms with van der Waals surface area (Å²) in [5.41, 5.74) is 0.898. The van der Waals surface area contributed by atoms with Crippen molar-refractivity contribution in [2.45, 2.75) is 109 Å². The predicted molar refractivity (Wildman–Crippen MR) is 239 cm³/mol. The zero-order valence-electron chi connectivity index (χ0n) is 37.7. The number of aromatic nitrogens is 2. The van der Waals surface area contributed by atoms with Crippen LogP contribution in [0, 0.1) is 23.0 Å².